The van der Waals surface area contributed by atoms with E-state index in [1.54, 1.807) is 30.6 Å². The fraction of sp³-hybridized carbons (Fsp3) is 0.478. The molecule has 194 valence electrons. The molecule has 1 aliphatic rings. The Hall–Kier alpha value is -2.61. The first-order valence-electron chi connectivity index (χ1n) is 11.6. The van der Waals surface area contributed by atoms with Gasteiger partial charge >= 0.3 is 0 Å². The molecule has 0 spiro atoms. The molecule has 36 heavy (non-hydrogen) atoms. The van der Waals surface area contributed by atoms with Crippen LogP contribution in [0, 0.1) is 12.3 Å². The molecule has 3 N–H and O–H groups in total. The zero-order chi connectivity index (χ0) is 26.3. The van der Waals surface area contributed by atoms with Gasteiger partial charge in [-0.25, -0.2) is 28.4 Å². The van der Waals surface area contributed by atoms with Gasteiger partial charge in [0.2, 0.25) is 0 Å². The van der Waals surface area contributed by atoms with Crippen molar-refractivity contribution in [2.75, 3.05) is 30.4 Å². The molecule has 0 fully saturated rings. The van der Waals surface area contributed by atoms with Crippen LogP contribution >= 0.6 is 22.7 Å². The van der Waals surface area contributed by atoms with Crippen molar-refractivity contribution in [3.63, 3.8) is 0 Å². The quantitative estimate of drug-likeness (QED) is 0.370. The summed E-state index contributed by atoms with van der Waals surface area (Å²) < 4.78 is 27.2. The third kappa shape index (κ3) is 5.10. The molecule has 4 rings (SSSR count). The summed E-state index contributed by atoms with van der Waals surface area (Å²) in [6.07, 6.45) is 0. The molecule has 0 amide bonds. The predicted octanol–water partition coefficient (Wildman–Crippen LogP) is 3.80. The van der Waals surface area contributed by atoms with E-state index in [0.717, 1.165) is 16.2 Å². The first-order valence-corrected chi connectivity index (χ1v) is 14.8. The summed E-state index contributed by atoms with van der Waals surface area (Å²) in [7, 11) is -3.82. The van der Waals surface area contributed by atoms with E-state index in [2.05, 4.69) is 70.4 Å². The van der Waals surface area contributed by atoms with Crippen molar-refractivity contribution in [3.05, 3.63) is 38.2 Å². The van der Waals surface area contributed by atoms with E-state index in [1.807, 2.05) is 0 Å². The molecule has 4 heterocycles. The highest BCUT2D eigenvalue weighted by atomic mass is 32.2. The molecule has 13 heteroatoms. The molecule has 3 aromatic rings. The van der Waals surface area contributed by atoms with Crippen LogP contribution in [0.15, 0.2) is 31.7 Å². The fourth-order valence-corrected chi connectivity index (χ4v) is 7.87. The summed E-state index contributed by atoms with van der Waals surface area (Å²) in [4.78, 5) is 20.2. The first-order chi connectivity index (χ1) is 17.0. The standard InChI is InChI=1S/C23H31N7O3S3/c1-7-30(8-2)36(32,33)22-16(31)14(11-34-22)26-20-21(29-19-18(28-20)24-12-25-19)27-17(23(4,5)6)15-10-9-13(3)35-15/h9-11,17,31H,7-8,12H2,1-6H3,(H,24,26,28)(H,25,27,29)/t17-/m0/s1. The molecule has 3 aromatic heterocycles. The van der Waals surface area contributed by atoms with Crippen molar-refractivity contribution in [2.45, 2.75) is 51.8 Å². The van der Waals surface area contributed by atoms with Crippen molar-refractivity contribution < 1.29 is 13.5 Å². The van der Waals surface area contributed by atoms with Crippen molar-refractivity contribution in [2.24, 2.45) is 15.4 Å². The average Bonchev–Trinajstić information content (AvgIpc) is 3.52. The van der Waals surface area contributed by atoms with Gasteiger partial charge in [0, 0.05) is 28.2 Å². The molecule has 1 aliphatic heterocycles. The Morgan fingerprint density at radius 3 is 2.31 bits per heavy atom. The highest BCUT2D eigenvalue weighted by Gasteiger charge is 2.31. The number of nitrogens with one attached hydrogen (secondary N) is 2. The van der Waals surface area contributed by atoms with Crippen molar-refractivity contribution >= 4 is 50.0 Å². The summed E-state index contributed by atoms with van der Waals surface area (Å²) >= 11 is 2.67. The molecule has 1 atom stereocenters. The number of hydrogen-bond acceptors (Lipinski definition) is 11. The van der Waals surface area contributed by atoms with Crippen LogP contribution in [0.3, 0.4) is 0 Å². The summed E-state index contributed by atoms with van der Waals surface area (Å²) in [5.74, 6) is 0.430. The number of nitrogens with zero attached hydrogens (tertiary/aromatic N) is 5. The lowest BCUT2D eigenvalue weighted by atomic mass is 9.86. The lowest BCUT2D eigenvalue weighted by Crippen LogP contribution is -2.33. The van der Waals surface area contributed by atoms with Gasteiger partial charge in [0.25, 0.3) is 10.0 Å². The second-order valence-electron chi connectivity index (χ2n) is 9.42. The number of sulfonamides is 1. The van der Waals surface area contributed by atoms with Gasteiger partial charge in [-0.3, -0.25) is 0 Å². The number of aromatic nitrogens is 2. The Morgan fingerprint density at radius 2 is 1.75 bits per heavy atom. The largest absolute Gasteiger partial charge is 0.504 e. The van der Waals surface area contributed by atoms with Crippen molar-refractivity contribution in [1.29, 1.82) is 0 Å². The number of aromatic hydroxyl groups is 1. The average molecular weight is 550 g/mol. The van der Waals surface area contributed by atoms with Gasteiger partial charge in [0.15, 0.2) is 32.6 Å². The van der Waals surface area contributed by atoms with Crippen LogP contribution in [0.25, 0.3) is 0 Å². The number of hydrogen-bond donors (Lipinski definition) is 3. The summed E-state index contributed by atoms with van der Waals surface area (Å²) in [5.41, 5.74) is 0.912. The number of fused-ring (bicyclic) bond motifs is 1. The van der Waals surface area contributed by atoms with Crippen molar-refractivity contribution in [1.82, 2.24) is 14.3 Å². The molecule has 0 saturated carbocycles. The molecule has 0 aromatic carbocycles. The Balaban J connectivity index is 1.75. The van der Waals surface area contributed by atoms with Gasteiger partial charge in [0.1, 0.15) is 6.67 Å². The highest BCUT2D eigenvalue weighted by Crippen LogP contribution is 2.42. The van der Waals surface area contributed by atoms with Crippen LogP contribution in [0.2, 0.25) is 0 Å². The second kappa shape index (κ2) is 10.0. The molecule has 0 saturated heterocycles. The summed E-state index contributed by atoms with van der Waals surface area (Å²) in [6.45, 7) is 12.9. The Labute approximate surface area is 218 Å². The van der Waals surface area contributed by atoms with Crippen LogP contribution in [-0.2, 0) is 10.0 Å². The maximum absolute atomic E-state index is 13.0. The van der Waals surface area contributed by atoms with Crippen LogP contribution in [0.4, 0.5) is 17.3 Å². The maximum atomic E-state index is 13.0. The SMILES string of the molecule is CCN(CC)S(=O)(=O)c1scc(Nc2nc3c(nc2N[C@@H](c2ccc(C)s2)C(C)(C)C)=NCN=3)c1O. The van der Waals surface area contributed by atoms with Gasteiger partial charge in [-0.15, -0.1) is 22.7 Å². The normalized spacial score (nSPS) is 14.3. The molecular formula is C23H31N7O3S3. The fourth-order valence-electron chi connectivity index (χ4n) is 3.86. The van der Waals surface area contributed by atoms with Gasteiger partial charge < -0.3 is 15.7 Å². The van der Waals surface area contributed by atoms with Gasteiger partial charge in [-0.1, -0.05) is 34.6 Å². The number of aryl methyl sites for hydroxylation is 1. The third-order valence-corrected chi connectivity index (χ3v) is 10.4. The van der Waals surface area contributed by atoms with Gasteiger partial charge in [0.05, 0.1) is 11.7 Å². The van der Waals surface area contributed by atoms with Crippen LogP contribution < -0.4 is 21.6 Å². The molecular weight excluding hydrogens is 519 g/mol. The van der Waals surface area contributed by atoms with E-state index in [9.17, 15) is 13.5 Å². The lowest BCUT2D eigenvalue weighted by molar-refractivity contribution is 0.350. The van der Waals surface area contributed by atoms with Gasteiger partial charge in [-0.05, 0) is 24.5 Å². The number of anilines is 3. The van der Waals surface area contributed by atoms with Crippen LogP contribution in [0.5, 0.6) is 5.75 Å². The van der Waals surface area contributed by atoms with E-state index in [-0.39, 0.29) is 33.8 Å². The van der Waals surface area contributed by atoms with Crippen LogP contribution in [-0.4, -0.2) is 47.6 Å². The molecule has 0 radical (unpaired) electrons. The van der Waals surface area contributed by atoms with E-state index < -0.39 is 10.0 Å². The van der Waals surface area contributed by atoms with Gasteiger partial charge in [-0.2, -0.15) is 4.31 Å². The highest BCUT2D eigenvalue weighted by molar-refractivity contribution is 7.91. The minimum atomic E-state index is -3.82. The molecule has 0 unspecified atom stereocenters. The number of thiophene rings is 2. The number of rotatable bonds is 9. The predicted molar refractivity (Wildman–Crippen MR) is 143 cm³/mol. The Morgan fingerprint density at radius 1 is 1.11 bits per heavy atom. The minimum Gasteiger partial charge on any atom is -0.504 e. The van der Waals surface area contributed by atoms with Crippen LogP contribution in [0.1, 0.15) is 50.4 Å². The topological polar surface area (TPSA) is 132 Å². The molecule has 0 bridgehead atoms. The minimum absolute atomic E-state index is 0.0860. The summed E-state index contributed by atoms with van der Waals surface area (Å²) in [5, 5.41) is 19.1. The Kier molecular flexibility index (Phi) is 7.37. The smallest absolute Gasteiger partial charge is 0.256 e. The van der Waals surface area contributed by atoms with Crippen molar-refractivity contribution in [3.8, 4) is 5.75 Å². The first kappa shape index (κ1) is 26.5. The van der Waals surface area contributed by atoms with E-state index in [4.69, 9.17) is 0 Å². The van der Waals surface area contributed by atoms with E-state index in [0.29, 0.717) is 35.7 Å². The zero-order valence-corrected chi connectivity index (χ0v) is 23.6. The molecule has 10 nitrogen and oxygen atoms in total. The zero-order valence-electron chi connectivity index (χ0n) is 21.2. The third-order valence-electron chi connectivity index (χ3n) is 5.76. The van der Waals surface area contributed by atoms with E-state index in [1.165, 1.54) is 9.18 Å². The second-order valence-corrected chi connectivity index (χ2v) is 13.7. The lowest BCUT2D eigenvalue weighted by Gasteiger charge is -2.31. The maximum Gasteiger partial charge on any atom is 0.256 e. The Bertz CT molecular complexity index is 1490. The van der Waals surface area contributed by atoms with E-state index >= 15 is 0 Å². The monoisotopic (exact) mass is 549 g/mol. The molecule has 0 aliphatic carbocycles. The summed E-state index contributed by atoms with van der Waals surface area (Å²) in [6, 6.07) is 4.10.